The molecule has 7 heteroatoms. The van der Waals surface area contributed by atoms with Gasteiger partial charge in [0.25, 0.3) is 0 Å². The van der Waals surface area contributed by atoms with Gasteiger partial charge in [-0.05, 0) is 51.7 Å². The molecule has 0 aromatic heterocycles. The van der Waals surface area contributed by atoms with Crippen molar-refractivity contribution in [3.8, 4) is 12.3 Å². The molecule has 1 atom stereocenters. The number of rotatable bonds is 9. The van der Waals surface area contributed by atoms with Crippen molar-refractivity contribution in [3.63, 3.8) is 0 Å². The molecule has 1 aliphatic carbocycles. The Morgan fingerprint density at radius 3 is 2.47 bits per heavy atom. The first-order valence-electron chi connectivity index (χ1n) is 12.3. The summed E-state index contributed by atoms with van der Waals surface area (Å²) >= 11 is 0. The number of ether oxygens (including phenoxy) is 1. The first-order valence-corrected chi connectivity index (χ1v) is 12.3. The predicted octanol–water partition coefficient (Wildman–Crippen LogP) is 4.31. The van der Waals surface area contributed by atoms with Crippen molar-refractivity contribution in [1.82, 2.24) is 15.5 Å². The number of nitrogens with one attached hydrogen (secondary N) is 2. The lowest BCUT2D eigenvalue weighted by molar-refractivity contribution is -0.140. The van der Waals surface area contributed by atoms with E-state index in [0.717, 1.165) is 32.1 Å². The zero-order valence-corrected chi connectivity index (χ0v) is 21.0. The van der Waals surface area contributed by atoms with Crippen LogP contribution >= 0.6 is 0 Å². The Bertz CT molecular complexity index is 879. The summed E-state index contributed by atoms with van der Waals surface area (Å²) in [4.78, 5) is 40.6. The second kappa shape index (κ2) is 13.0. The Labute approximate surface area is 204 Å². The lowest BCUT2D eigenvalue weighted by atomic mass is 9.93. The number of unbranched alkanes of at least 4 members (excludes halogenated alkanes) is 1. The molecule has 1 aromatic carbocycles. The molecule has 0 aliphatic heterocycles. The average Bonchev–Trinajstić information content (AvgIpc) is 2.79. The molecule has 0 saturated heterocycles. The number of hydrogen-bond acceptors (Lipinski definition) is 4. The molecule has 0 radical (unpaired) electrons. The van der Waals surface area contributed by atoms with Crippen LogP contribution in [0.1, 0.15) is 89.8 Å². The van der Waals surface area contributed by atoms with E-state index >= 15 is 0 Å². The highest BCUT2D eigenvalue weighted by Crippen LogP contribution is 2.27. The monoisotopic (exact) mass is 469 g/mol. The third-order valence-electron chi connectivity index (χ3n) is 5.78. The molecule has 1 saturated carbocycles. The molecule has 1 fully saturated rings. The zero-order chi connectivity index (χ0) is 25.1. The van der Waals surface area contributed by atoms with E-state index in [9.17, 15) is 14.4 Å². The van der Waals surface area contributed by atoms with E-state index in [1.54, 1.807) is 32.9 Å². The van der Waals surface area contributed by atoms with E-state index in [0.29, 0.717) is 24.1 Å². The van der Waals surface area contributed by atoms with E-state index in [2.05, 4.69) is 16.6 Å². The second-order valence-corrected chi connectivity index (χ2v) is 9.77. The van der Waals surface area contributed by atoms with E-state index in [1.807, 2.05) is 19.1 Å². The topological polar surface area (TPSA) is 87.7 Å². The summed E-state index contributed by atoms with van der Waals surface area (Å²) in [7, 11) is 0. The molecule has 0 heterocycles. The maximum absolute atomic E-state index is 13.6. The van der Waals surface area contributed by atoms with Gasteiger partial charge in [0, 0.05) is 18.2 Å². The summed E-state index contributed by atoms with van der Waals surface area (Å²) in [5.41, 5.74) is 0.504. The molecule has 0 spiro atoms. The minimum Gasteiger partial charge on any atom is -0.444 e. The summed E-state index contributed by atoms with van der Waals surface area (Å²) < 4.78 is 5.25. The summed E-state index contributed by atoms with van der Waals surface area (Å²) in [6.45, 7) is 7.38. The van der Waals surface area contributed by atoms with Gasteiger partial charge in [0.05, 0.1) is 0 Å². The maximum atomic E-state index is 13.6. The van der Waals surface area contributed by atoms with E-state index in [4.69, 9.17) is 11.2 Å². The summed E-state index contributed by atoms with van der Waals surface area (Å²) in [6.07, 6.45) is 11.8. The van der Waals surface area contributed by atoms with Gasteiger partial charge in [0.2, 0.25) is 11.8 Å². The average molecular weight is 470 g/mol. The molecule has 186 valence electrons. The van der Waals surface area contributed by atoms with Gasteiger partial charge in [-0.15, -0.1) is 6.42 Å². The molecular weight excluding hydrogens is 430 g/mol. The van der Waals surface area contributed by atoms with Crippen LogP contribution in [0.4, 0.5) is 4.79 Å². The van der Waals surface area contributed by atoms with Crippen LogP contribution in [0.25, 0.3) is 0 Å². The Balaban J connectivity index is 2.32. The fourth-order valence-electron chi connectivity index (χ4n) is 4.13. The molecule has 3 amide bonds. The lowest BCUT2D eigenvalue weighted by Gasteiger charge is -2.34. The molecule has 34 heavy (non-hydrogen) atoms. The van der Waals surface area contributed by atoms with E-state index in [1.165, 1.54) is 11.3 Å². The molecule has 1 aliphatic rings. The van der Waals surface area contributed by atoms with Crippen LogP contribution < -0.4 is 10.6 Å². The van der Waals surface area contributed by atoms with Gasteiger partial charge in [-0.3, -0.25) is 9.59 Å². The molecular formula is C27H39N3O4. The van der Waals surface area contributed by atoms with Crippen LogP contribution in [-0.4, -0.2) is 47.5 Å². The van der Waals surface area contributed by atoms with Gasteiger partial charge in [-0.2, -0.15) is 0 Å². The fourth-order valence-corrected chi connectivity index (χ4v) is 4.13. The van der Waals surface area contributed by atoms with Crippen LogP contribution in [0.3, 0.4) is 0 Å². The SMILES string of the molecule is C#Cc1ccccc1C(C(=O)NC1CCCCC1)N(CCCC)C(=O)CNC(=O)OC(C)(C)C. The molecule has 2 N–H and O–H groups in total. The van der Waals surface area contributed by atoms with Crippen molar-refractivity contribution in [2.75, 3.05) is 13.1 Å². The Kier molecular flexibility index (Phi) is 10.4. The highest BCUT2D eigenvalue weighted by molar-refractivity contribution is 5.91. The van der Waals surface area contributed by atoms with Gasteiger partial charge in [-0.25, -0.2) is 4.79 Å². The van der Waals surface area contributed by atoms with Crippen molar-refractivity contribution in [3.05, 3.63) is 35.4 Å². The molecule has 1 aromatic rings. The van der Waals surface area contributed by atoms with Crippen molar-refractivity contribution in [2.45, 2.75) is 90.3 Å². The smallest absolute Gasteiger partial charge is 0.408 e. The third-order valence-corrected chi connectivity index (χ3v) is 5.78. The Morgan fingerprint density at radius 2 is 1.85 bits per heavy atom. The highest BCUT2D eigenvalue weighted by atomic mass is 16.6. The first kappa shape index (κ1) is 27.2. The van der Waals surface area contributed by atoms with Gasteiger partial charge in [0.1, 0.15) is 18.2 Å². The number of terminal acetylenes is 1. The van der Waals surface area contributed by atoms with Crippen LogP contribution in [0.2, 0.25) is 0 Å². The second-order valence-electron chi connectivity index (χ2n) is 9.77. The maximum Gasteiger partial charge on any atom is 0.408 e. The number of hydrogen-bond donors (Lipinski definition) is 2. The minimum atomic E-state index is -0.881. The van der Waals surface area contributed by atoms with Crippen molar-refractivity contribution in [1.29, 1.82) is 0 Å². The minimum absolute atomic E-state index is 0.0877. The van der Waals surface area contributed by atoms with Gasteiger partial charge in [0.15, 0.2) is 0 Å². The summed E-state index contributed by atoms with van der Waals surface area (Å²) in [6, 6.07) is 6.42. The standard InChI is InChI=1S/C27H39N3O4/c1-6-8-18-30(23(31)19-28-26(33)34-27(3,4)5)24(22-17-13-12-14-20(22)7-2)25(32)29-21-15-10-9-11-16-21/h2,12-14,17,21,24H,6,8-11,15-16,18-19H2,1,3-5H3,(H,28,33)(H,29,32). The van der Waals surface area contributed by atoms with E-state index < -0.39 is 17.7 Å². The number of benzene rings is 1. The summed E-state index contributed by atoms with van der Waals surface area (Å²) in [5.74, 6) is 2.05. The number of carbonyl (C=O) groups excluding carboxylic acids is 3. The van der Waals surface area contributed by atoms with Gasteiger partial charge in [-0.1, -0.05) is 56.7 Å². The van der Waals surface area contributed by atoms with E-state index in [-0.39, 0.29) is 24.4 Å². The third kappa shape index (κ3) is 8.40. The number of amides is 3. The number of carbonyl (C=O) groups is 3. The molecule has 7 nitrogen and oxygen atoms in total. The Morgan fingerprint density at radius 1 is 1.18 bits per heavy atom. The zero-order valence-electron chi connectivity index (χ0n) is 21.0. The van der Waals surface area contributed by atoms with Crippen LogP contribution in [0, 0.1) is 12.3 Å². The lowest BCUT2D eigenvalue weighted by Crippen LogP contribution is -2.50. The molecule has 0 bridgehead atoms. The van der Waals surface area contributed by atoms with Crippen LogP contribution in [0.15, 0.2) is 24.3 Å². The fraction of sp³-hybridized carbons (Fsp3) is 0.593. The normalized spacial score (nSPS) is 15.0. The van der Waals surface area contributed by atoms with Crippen molar-refractivity contribution < 1.29 is 19.1 Å². The highest BCUT2D eigenvalue weighted by Gasteiger charge is 2.34. The predicted molar refractivity (Wildman–Crippen MR) is 133 cm³/mol. The molecule has 1 unspecified atom stereocenters. The first-order chi connectivity index (χ1) is 16.2. The Hall–Kier alpha value is -3.01. The van der Waals surface area contributed by atoms with Gasteiger partial charge >= 0.3 is 6.09 Å². The number of alkyl carbamates (subject to hydrolysis) is 1. The van der Waals surface area contributed by atoms with Crippen LogP contribution in [-0.2, 0) is 14.3 Å². The summed E-state index contributed by atoms with van der Waals surface area (Å²) in [5, 5.41) is 5.69. The quantitative estimate of drug-likeness (QED) is 0.528. The van der Waals surface area contributed by atoms with Crippen LogP contribution in [0.5, 0.6) is 0 Å². The largest absolute Gasteiger partial charge is 0.444 e. The molecule has 2 rings (SSSR count). The van der Waals surface area contributed by atoms with Crippen molar-refractivity contribution >= 4 is 17.9 Å². The van der Waals surface area contributed by atoms with Gasteiger partial charge < -0.3 is 20.3 Å². The van der Waals surface area contributed by atoms with Crippen molar-refractivity contribution in [2.24, 2.45) is 0 Å². The number of nitrogens with zero attached hydrogens (tertiary/aromatic N) is 1.